The van der Waals surface area contributed by atoms with Crippen molar-refractivity contribution in [2.24, 2.45) is 0 Å². The molecular formula is C12H12ClN3O2. The van der Waals surface area contributed by atoms with Gasteiger partial charge in [0.1, 0.15) is 0 Å². The summed E-state index contributed by atoms with van der Waals surface area (Å²) in [5.41, 5.74) is 1.44. The smallest absolute Gasteiger partial charge is 0.251 e. The highest BCUT2D eigenvalue weighted by Crippen LogP contribution is 2.16. The Morgan fingerprint density at radius 3 is 2.83 bits per heavy atom. The molecule has 0 saturated heterocycles. The first-order valence-electron chi connectivity index (χ1n) is 5.40. The second-order valence-corrected chi connectivity index (χ2v) is 4.28. The third-order valence-corrected chi connectivity index (χ3v) is 2.82. The summed E-state index contributed by atoms with van der Waals surface area (Å²) in [6.45, 7) is 3.80. The zero-order valence-electron chi connectivity index (χ0n) is 10.0. The third-order valence-electron chi connectivity index (χ3n) is 2.41. The number of carbonyl (C=O) groups excluding carboxylic acids is 1. The lowest BCUT2D eigenvalue weighted by Crippen LogP contribution is -2.23. The van der Waals surface area contributed by atoms with Gasteiger partial charge >= 0.3 is 0 Å². The highest BCUT2D eigenvalue weighted by atomic mass is 35.5. The van der Waals surface area contributed by atoms with Crippen molar-refractivity contribution in [3.63, 3.8) is 0 Å². The molecule has 6 heteroatoms. The van der Waals surface area contributed by atoms with Crippen LogP contribution in [-0.2, 0) is 6.54 Å². The van der Waals surface area contributed by atoms with Crippen LogP contribution < -0.4 is 5.32 Å². The minimum Gasteiger partial charge on any atom is -0.345 e. The Balaban J connectivity index is 2.01. The maximum atomic E-state index is 11.8. The van der Waals surface area contributed by atoms with E-state index in [0.717, 1.165) is 5.56 Å². The molecule has 0 aliphatic carbocycles. The zero-order valence-corrected chi connectivity index (χ0v) is 10.8. The lowest BCUT2D eigenvalue weighted by atomic mass is 10.1. The Labute approximate surface area is 109 Å². The summed E-state index contributed by atoms with van der Waals surface area (Å²) in [7, 11) is 0. The maximum absolute atomic E-state index is 11.8. The van der Waals surface area contributed by atoms with Gasteiger partial charge in [-0.3, -0.25) is 4.79 Å². The Hall–Kier alpha value is -1.88. The van der Waals surface area contributed by atoms with E-state index in [1.165, 1.54) is 0 Å². The maximum Gasteiger partial charge on any atom is 0.251 e. The third kappa shape index (κ3) is 2.87. The first kappa shape index (κ1) is 12.6. The molecule has 94 valence electrons. The SMILES string of the molecule is Cc1nc(CNC(=O)c2ccc(C)c(Cl)c2)no1. The van der Waals surface area contributed by atoms with Crippen LogP contribution in [0, 0.1) is 13.8 Å². The van der Waals surface area contributed by atoms with Crippen LogP contribution in [0.3, 0.4) is 0 Å². The molecule has 0 fully saturated rings. The number of benzene rings is 1. The second kappa shape index (κ2) is 5.18. The van der Waals surface area contributed by atoms with Crippen LogP contribution in [0.4, 0.5) is 0 Å². The molecule has 0 bridgehead atoms. The molecule has 0 spiro atoms. The van der Waals surface area contributed by atoms with Crippen LogP contribution in [-0.4, -0.2) is 16.0 Å². The normalized spacial score (nSPS) is 10.4. The van der Waals surface area contributed by atoms with Gasteiger partial charge in [-0.25, -0.2) is 0 Å². The number of amides is 1. The summed E-state index contributed by atoms with van der Waals surface area (Å²) in [5, 5.41) is 6.95. The molecule has 0 aliphatic rings. The van der Waals surface area contributed by atoms with Crippen LogP contribution in [0.5, 0.6) is 0 Å². The fourth-order valence-electron chi connectivity index (χ4n) is 1.41. The van der Waals surface area contributed by atoms with Gasteiger partial charge in [0.2, 0.25) is 5.89 Å². The van der Waals surface area contributed by atoms with Crippen LogP contribution in [0.2, 0.25) is 5.02 Å². The Bertz CT molecular complexity index is 580. The lowest BCUT2D eigenvalue weighted by Gasteiger charge is -2.04. The molecule has 5 nitrogen and oxygen atoms in total. The van der Waals surface area contributed by atoms with E-state index in [4.69, 9.17) is 16.1 Å². The van der Waals surface area contributed by atoms with Gasteiger partial charge in [0.25, 0.3) is 5.91 Å². The summed E-state index contributed by atoms with van der Waals surface area (Å²) in [5.74, 6) is 0.691. The van der Waals surface area contributed by atoms with Gasteiger partial charge in [-0.2, -0.15) is 4.98 Å². The first-order chi connectivity index (χ1) is 8.56. The zero-order chi connectivity index (χ0) is 13.1. The molecule has 1 N–H and O–H groups in total. The van der Waals surface area contributed by atoms with E-state index in [1.54, 1.807) is 25.1 Å². The van der Waals surface area contributed by atoms with Crippen LogP contribution in [0.1, 0.15) is 27.6 Å². The van der Waals surface area contributed by atoms with E-state index in [9.17, 15) is 4.79 Å². The number of nitrogens with zero attached hydrogens (tertiary/aromatic N) is 2. The molecule has 0 unspecified atom stereocenters. The molecule has 2 aromatic rings. The van der Waals surface area contributed by atoms with Crippen molar-refractivity contribution in [3.8, 4) is 0 Å². The highest BCUT2D eigenvalue weighted by molar-refractivity contribution is 6.31. The monoisotopic (exact) mass is 265 g/mol. The van der Waals surface area contributed by atoms with Crippen molar-refractivity contribution >= 4 is 17.5 Å². The molecule has 1 amide bonds. The van der Waals surface area contributed by atoms with Gasteiger partial charge < -0.3 is 9.84 Å². The fraction of sp³-hybridized carbons (Fsp3) is 0.250. The number of aryl methyl sites for hydroxylation is 2. The van der Waals surface area contributed by atoms with Crippen LogP contribution in [0.25, 0.3) is 0 Å². The summed E-state index contributed by atoms with van der Waals surface area (Å²) in [6.07, 6.45) is 0. The van der Waals surface area contributed by atoms with Crippen molar-refractivity contribution in [3.05, 3.63) is 46.1 Å². The van der Waals surface area contributed by atoms with Gasteiger partial charge in [-0.05, 0) is 24.6 Å². The fourth-order valence-corrected chi connectivity index (χ4v) is 1.59. The number of carbonyl (C=O) groups is 1. The number of hydrogen-bond acceptors (Lipinski definition) is 4. The van der Waals surface area contributed by atoms with Crippen molar-refractivity contribution in [2.75, 3.05) is 0 Å². The van der Waals surface area contributed by atoms with Crippen LogP contribution in [0.15, 0.2) is 22.7 Å². The standard InChI is InChI=1S/C12H12ClN3O2/c1-7-3-4-9(5-10(7)13)12(17)14-6-11-15-8(2)18-16-11/h3-5H,6H2,1-2H3,(H,14,17). The molecule has 0 saturated carbocycles. The molecule has 0 atom stereocenters. The Morgan fingerprint density at radius 2 is 2.22 bits per heavy atom. The summed E-state index contributed by atoms with van der Waals surface area (Å²) >= 11 is 5.96. The number of nitrogens with one attached hydrogen (secondary N) is 1. The number of halogens is 1. The summed E-state index contributed by atoms with van der Waals surface area (Å²) < 4.78 is 4.80. The highest BCUT2D eigenvalue weighted by Gasteiger charge is 2.09. The van der Waals surface area contributed by atoms with E-state index < -0.39 is 0 Å². The molecule has 0 aliphatic heterocycles. The summed E-state index contributed by atoms with van der Waals surface area (Å²) in [4.78, 5) is 15.8. The minimum absolute atomic E-state index is 0.223. The average molecular weight is 266 g/mol. The average Bonchev–Trinajstić information content (AvgIpc) is 2.75. The molecule has 18 heavy (non-hydrogen) atoms. The van der Waals surface area contributed by atoms with Crippen molar-refractivity contribution in [1.29, 1.82) is 0 Å². The first-order valence-corrected chi connectivity index (χ1v) is 5.77. The number of hydrogen-bond donors (Lipinski definition) is 1. The molecule has 0 radical (unpaired) electrons. The predicted octanol–water partition coefficient (Wildman–Crippen LogP) is 2.27. The van der Waals surface area contributed by atoms with Gasteiger partial charge in [0.15, 0.2) is 5.82 Å². The van der Waals surface area contributed by atoms with E-state index >= 15 is 0 Å². The van der Waals surface area contributed by atoms with Gasteiger partial charge in [-0.1, -0.05) is 22.8 Å². The minimum atomic E-state index is -0.223. The quantitative estimate of drug-likeness (QED) is 0.924. The molecule has 1 heterocycles. The lowest BCUT2D eigenvalue weighted by molar-refractivity contribution is 0.0949. The van der Waals surface area contributed by atoms with Gasteiger partial charge in [-0.15, -0.1) is 0 Å². The van der Waals surface area contributed by atoms with E-state index in [0.29, 0.717) is 22.3 Å². The van der Waals surface area contributed by atoms with Crippen molar-refractivity contribution < 1.29 is 9.32 Å². The van der Waals surface area contributed by atoms with Crippen molar-refractivity contribution in [2.45, 2.75) is 20.4 Å². The van der Waals surface area contributed by atoms with Crippen molar-refractivity contribution in [1.82, 2.24) is 15.5 Å². The summed E-state index contributed by atoms with van der Waals surface area (Å²) in [6, 6.07) is 5.15. The second-order valence-electron chi connectivity index (χ2n) is 3.88. The Morgan fingerprint density at radius 1 is 1.44 bits per heavy atom. The van der Waals surface area contributed by atoms with Gasteiger partial charge in [0, 0.05) is 17.5 Å². The van der Waals surface area contributed by atoms with E-state index in [-0.39, 0.29) is 12.5 Å². The van der Waals surface area contributed by atoms with Gasteiger partial charge in [0.05, 0.1) is 6.54 Å². The molecular weight excluding hydrogens is 254 g/mol. The van der Waals surface area contributed by atoms with E-state index in [2.05, 4.69) is 15.5 Å². The number of aromatic nitrogens is 2. The predicted molar refractivity (Wildman–Crippen MR) is 66.4 cm³/mol. The number of rotatable bonds is 3. The topological polar surface area (TPSA) is 68.0 Å². The van der Waals surface area contributed by atoms with Crippen LogP contribution >= 0.6 is 11.6 Å². The van der Waals surface area contributed by atoms with E-state index in [1.807, 2.05) is 6.92 Å². The largest absolute Gasteiger partial charge is 0.345 e. The Kier molecular flexibility index (Phi) is 3.62. The molecule has 1 aromatic carbocycles. The molecule has 1 aromatic heterocycles. The molecule has 2 rings (SSSR count).